The van der Waals surface area contributed by atoms with Gasteiger partial charge >= 0.3 is 11.9 Å². The number of unbranched alkanes of at least 4 members (excludes halogenated alkanes) is 8. The van der Waals surface area contributed by atoms with Gasteiger partial charge < -0.3 is 14.6 Å². The van der Waals surface area contributed by atoms with Crippen LogP contribution in [0.15, 0.2) is 146 Å². The molecule has 0 aliphatic heterocycles. The summed E-state index contributed by atoms with van der Waals surface area (Å²) in [7, 11) is 0. The Morgan fingerprint density at radius 2 is 0.683 bits per heavy atom. The SMILES string of the molecule is CC/C=C\C/C=C\C/C=C\C/C=C\C/C=C\C/C=C\C/C=C\CCCC(=O)OC(CO)COC(=O)CCCCCCCCC/C=C\C/C=C\C/C=C\C/C=C\C/C=C\CC. The molecule has 0 saturated carbocycles. The van der Waals surface area contributed by atoms with E-state index in [1.807, 2.05) is 0 Å². The van der Waals surface area contributed by atoms with Crippen molar-refractivity contribution in [1.29, 1.82) is 0 Å². The van der Waals surface area contributed by atoms with Gasteiger partial charge in [0.05, 0.1) is 6.61 Å². The van der Waals surface area contributed by atoms with Crippen LogP contribution in [0.2, 0.25) is 0 Å². The molecule has 334 valence electrons. The summed E-state index contributed by atoms with van der Waals surface area (Å²) in [6, 6.07) is 0. The highest BCUT2D eigenvalue weighted by Gasteiger charge is 2.16. The molecule has 0 aliphatic rings. The van der Waals surface area contributed by atoms with E-state index in [9.17, 15) is 14.7 Å². The van der Waals surface area contributed by atoms with Crippen molar-refractivity contribution >= 4 is 11.9 Å². The van der Waals surface area contributed by atoms with Gasteiger partial charge in [0.2, 0.25) is 0 Å². The Morgan fingerprint density at radius 3 is 1.05 bits per heavy atom. The highest BCUT2D eigenvalue weighted by atomic mass is 16.6. The predicted molar refractivity (Wildman–Crippen MR) is 260 cm³/mol. The number of hydrogen-bond acceptors (Lipinski definition) is 5. The normalized spacial score (nSPS) is 13.6. The van der Waals surface area contributed by atoms with Crippen LogP contribution in [-0.2, 0) is 19.1 Å². The first-order valence-electron chi connectivity index (χ1n) is 23.4. The van der Waals surface area contributed by atoms with E-state index in [-0.39, 0.29) is 31.6 Å². The van der Waals surface area contributed by atoms with Crippen molar-refractivity contribution < 1.29 is 24.2 Å². The Kier molecular flexibility index (Phi) is 45.7. The number of rotatable bonds is 40. The van der Waals surface area contributed by atoms with Gasteiger partial charge in [0.15, 0.2) is 6.10 Å². The molecule has 5 nitrogen and oxygen atoms in total. The number of carbonyl (C=O) groups is 2. The van der Waals surface area contributed by atoms with Crippen LogP contribution >= 0.6 is 0 Å². The summed E-state index contributed by atoms with van der Waals surface area (Å²) in [5.41, 5.74) is 0. The predicted octanol–water partition coefficient (Wildman–Crippen LogP) is 15.5. The zero-order valence-corrected chi connectivity index (χ0v) is 37.9. The third-order valence-electron chi connectivity index (χ3n) is 9.13. The van der Waals surface area contributed by atoms with Gasteiger partial charge in [0, 0.05) is 12.8 Å². The van der Waals surface area contributed by atoms with Crippen LogP contribution in [-0.4, -0.2) is 36.4 Å². The van der Waals surface area contributed by atoms with Crippen molar-refractivity contribution in [1.82, 2.24) is 0 Å². The molecule has 1 N–H and O–H groups in total. The van der Waals surface area contributed by atoms with Gasteiger partial charge in [-0.1, -0.05) is 192 Å². The molecule has 0 fully saturated rings. The maximum absolute atomic E-state index is 12.2. The minimum atomic E-state index is -0.820. The van der Waals surface area contributed by atoms with Crippen molar-refractivity contribution in [2.45, 2.75) is 174 Å². The van der Waals surface area contributed by atoms with E-state index in [4.69, 9.17) is 9.47 Å². The van der Waals surface area contributed by atoms with Crippen LogP contribution in [0.5, 0.6) is 0 Å². The minimum absolute atomic E-state index is 0.106. The lowest BCUT2D eigenvalue weighted by atomic mass is 10.1. The third kappa shape index (κ3) is 46.5. The Hall–Kier alpha value is -4.22. The second kappa shape index (κ2) is 49.1. The molecule has 0 heterocycles. The van der Waals surface area contributed by atoms with Crippen molar-refractivity contribution in [3.63, 3.8) is 0 Å². The molecule has 1 atom stereocenters. The van der Waals surface area contributed by atoms with Crippen LogP contribution < -0.4 is 0 Å². The first-order chi connectivity index (χ1) is 29.6. The van der Waals surface area contributed by atoms with Gasteiger partial charge in [-0.3, -0.25) is 9.59 Å². The lowest BCUT2D eigenvalue weighted by molar-refractivity contribution is -0.161. The van der Waals surface area contributed by atoms with E-state index < -0.39 is 6.10 Å². The monoisotopic (exact) mass is 825 g/mol. The van der Waals surface area contributed by atoms with Crippen LogP contribution in [0, 0.1) is 0 Å². The van der Waals surface area contributed by atoms with Gasteiger partial charge in [0.1, 0.15) is 6.61 Å². The molecule has 0 saturated heterocycles. The molecule has 5 heteroatoms. The maximum atomic E-state index is 12.2. The fourth-order valence-electron chi connectivity index (χ4n) is 5.69. The van der Waals surface area contributed by atoms with Gasteiger partial charge in [-0.25, -0.2) is 0 Å². The van der Waals surface area contributed by atoms with E-state index in [2.05, 4.69) is 160 Å². The molecule has 0 aromatic carbocycles. The van der Waals surface area contributed by atoms with E-state index in [1.165, 1.54) is 25.7 Å². The Labute approximate surface area is 368 Å². The topological polar surface area (TPSA) is 72.8 Å². The summed E-state index contributed by atoms with van der Waals surface area (Å²) in [4.78, 5) is 24.4. The summed E-state index contributed by atoms with van der Waals surface area (Å²) >= 11 is 0. The first kappa shape index (κ1) is 55.8. The fourth-order valence-corrected chi connectivity index (χ4v) is 5.69. The summed E-state index contributed by atoms with van der Waals surface area (Å²) in [5.74, 6) is -0.688. The zero-order valence-electron chi connectivity index (χ0n) is 37.9. The quantitative estimate of drug-likeness (QED) is 0.0378. The van der Waals surface area contributed by atoms with Crippen LogP contribution in [0.1, 0.15) is 168 Å². The largest absolute Gasteiger partial charge is 0.462 e. The number of allylic oxidation sites excluding steroid dienone is 24. The minimum Gasteiger partial charge on any atom is -0.462 e. The van der Waals surface area contributed by atoms with E-state index in [1.54, 1.807) is 0 Å². The number of carbonyl (C=O) groups excluding carboxylic acids is 2. The fraction of sp³-hybridized carbons (Fsp3) is 0.527. The summed E-state index contributed by atoms with van der Waals surface area (Å²) in [6.07, 6.45) is 74.9. The van der Waals surface area contributed by atoms with Crippen molar-refractivity contribution in [3.8, 4) is 0 Å². The Balaban J connectivity index is 3.72. The highest BCUT2D eigenvalue weighted by Crippen LogP contribution is 2.11. The number of aliphatic hydroxyl groups is 1. The maximum Gasteiger partial charge on any atom is 0.306 e. The molecule has 1 unspecified atom stereocenters. The van der Waals surface area contributed by atoms with Crippen molar-refractivity contribution in [2.24, 2.45) is 0 Å². The molecule has 0 amide bonds. The molecule has 0 radical (unpaired) electrons. The second-order valence-corrected chi connectivity index (χ2v) is 14.7. The van der Waals surface area contributed by atoms with Crippen LogP contribution in [0.4, 0.5) is 0 Å². The number of aliphatic hydroxyl groups excluding tert-OH is 1. The average Bonchev–Trinajstić information content (AvgIpc) is 3.25. The molecule has 0 rings (SSSR count). The van der Waals surface area contributed by atoms with Crippen molar-refractivity contribution in [2.75, 3.05) is 13.2 Å². The van der Waals surface area contributed by atoms with E-state index >= 15 is 0 Å². The highest BCUT2D eigenvalue weighted by molar-refractivity contribution is 5.70. The summed E-state index contributed by atoms with van der Waals surface area (Å²) in [6.45, 7) is 3.83. The number of esters is 2. The molecule has 60 heavy (non-hydrogen) atoms. The lowest BCUT2D eigenvalue weighted by Crippen LogP contribution is -2.28. The van der Waals surface area contributed by atoms with Crippen LogP contribution in [0.25, 0.3) is 0 Å². The molecule has 0 aliphatic carbocycles. The first-order valence-corrected chi connectivity index (χ1v) is 23.4. The van der Waals surface area contributed by atoms with Crippen molar-refractivity contribution in [3.05, 3.63) is 146 Å². The van der Waals surface area contributed by atoms with Crippen LogP contribution in [0.3, 0.4) is 0 Å². The Morgan fingerprint density at radius 1 is 0.383 bits per heavy atom. The molecule has 0 bridgehead atoms. The molecular weight excluding hydrogens is 741 g/mol. The summed E-state index contributed by atoms with van der Waals surface area (Å²) in [5, 5.41) is 9.60. The van der Waals surface area contributed by atoms with Gasteiger partial charge in [-0.05, 0) is 109 Å². The van der Waals surface area contributed by atoms with Gasteiger partial charge in [-0.15, -0.1) is 0 Å². The standard InChI is InChI=1S/C55H84O5/c1-3-5-7-9-11-13-15-17-19-21-23-25-27-29-31-33-35-37-39-41-43-45-47-49-54(57)59-52-53(51-56)60-55(58)50-48-46-44-42-40-38-36-34-32-30-28-26-24-22-20-18-16-14-12-10-8-6-4-2/h5-8,11-14,17-20,23-26,29-32,36,38,42,44,53,56H,3-4,9-10,15-16,21-22,27-28,33-35,37,39-41,43,45-52H2,1-2H3/b7-5-,8-6-,13-11-,14-12-,19-17-,20-18-,25-23-,26-24-,31-29-,32-30-,38-36-,44-42-. The summed E-state index contributed by atoms with van der Waals surface area (Å²) < 4.78 is 10.6. The Bertz CT molecular complexity index is 1350. The van der Waals surface area contributed by atoms with Gasteiger partial charge in [0.25, 0.3) is 0 Å². The van der Waals surface area contributed by atoms with E-state index in [0.717, 1.165) is 109 Å². The number of hydrogen-bond donors (Lipinski definition) is 1. The molecular formula is C55H84O5. The lowest BCUT2D eigenvalue weighted by Gasteiger charge is -2.15. The van der Waals surface area contributed by atoms with E-state index in [0.29, 0.717) is 12.8 Å². The molecule has 0 aromatic heterocycles. The zero-order chi connectivity index (χ0) is 43.5. The molecule has 0 spiro atoms. The smallest absolute Gasteiger partial charge is 0.306 e. The van der Waals surface area contributed by atoms with Gasteiger partial charge in [-0.2, -0.15) is 0 Å². The number of ether oxygens (including phenoxy) is 2. The average molecular weight is 825 g/mol. The molecule has 0 aromatic rings. The third-order valence-corrected chi connectivity index (χ3v) is 9.13. The second-order valence-electron chi connectivity index (χ2n) is 14.7.